The molecule has 0 unspecified atom stereocenters. The van der Waals surface area contributed by atoms with Crippen molar-refractivity contribution in [1.82, 2.24) is 0 Å². The smallest absolute Gasteiger partial charge is 0.416 e. The van der Waals surface area contributed by atoms with Gasteiger partial charge in [0.2, 0.25) is 0 Å². The summed E-state index contributed by atoms with van der Waals surface area (Å²) in [5.74, 6) is -0.734. The zero-order chi connectivity index (χ0) is 21.2. The number of nitrogens with one attached hydrogen (secondary N) is 1. The topological polar surface area (TPSA) is 58.6 Å². The van der Waals surface area contributed by atoms with Gasteiger partial charge in [-0.1, -0.05) is 17.7 Å². The van der Waals surface area contributed by atoms with Crippen LogP contribution in [0.3, 0.4) is 0 Å². The first-order valence-electron chi connectivity index (χ1n) is 8.00. The molecule has 0 fully saturated rings. The van der Waals surface area contributed by atoms with E-state index in [-0.39, 0.29) is 11.3 Å². The number of aromatic carboxylic acids is 1. The van der Waals surface area contributed by atoms with Crippen LogP contribution in [0, 0.1) is 0 Å². The van der Waals surface area contributed by atoms with Gasteiger partial charge in [0.25, 0.3) is 0 Å². The van der Waals surface area contributed by atoms with Crippen LogP contribution in [-0.2, 0) is 6.18 Å². The van der Waals surface area contributed by atoms with Crippen LogP contribution in [0.5, 0.6) is 5.75 Å². The molecule has 0 aliphatic rings. The lowest BCUT2D eigenvalue weighted by Gasteiger charge is -2.15. The van der Waals surface area contributed by atoms with Gasteiger partial charge in [-0.2, -0.15) is 13.2 Å². The summed E-state index contributed by atoms with van der Waals surface area (Å²) < 4.78 is 48.2. The zero-order valence-corrected chi connectivity index (χ0v) is 17.1. The molecule has 0 saturated carbocycles. The third-order valence-corrected chi connectivity index (χ3v) is 5.99. The van der Waals surface area contributed by atoms with Crippen molar-refractivity contribution < 1.29 is 27.8 Å². The monoisotopic (exact) mass is 459 g/mol. The highest BCUT2D eigenvalue weighted by Gasteiger charge is 2.31. The highest BCUT2D eigenvalue weighted by Crippen LogP contribution is 2.41. The highest BCUT2D eigenvalue weighted by atomic mass is 35.5. The first kappa shape index (κ1) is 21.4. The van der Waals surface area contributed by atoms with E-state index in [1.807, 2.05) is 0 Å². The average molecular weight is 460 g/mol. The van der Waals surface area contributed by atoms with Crippen molar-refractivity contribution >= 4 is 46.5 Å². The van der Waals surface area contributed by atoms with Crippen LogP contribution < -0.4 is 9.46 Å². The molecule has 2 N–H and O–H groups in total. The maximum absolute atomic E-state index is 13.2. The Morgan fingerprint density at radius 1 is 1.17 bits per heavy atom. The van der Waals surface area contributed by atoms with Gasteiger partial charge in [0.05, 0.1) is 33.2 Å². The number of benzene rings is 2. The van der Waals surface area contributed by atoms with Crippen molar-refractivity contribution in [1.29, 1.82) is 0 Å². The van der Waals surface area contributed by atoms with Gasteiger partial charge in [-0.05, 0) is 54.4 Å². The number of alkyl halides is 3. The number of hydrogen-bond donors (Lipinski definition) is 2. The minimum absolute atomic E-state index is 0.0319. The molecule has 1 aromatic heterocycles. The Morgan fingerprint density at radius 2 is 1.93 bits per heavy atom. The quantitative estimate of drug-likeness (QED) is 0.392. The molecule has 0 saturated heterocycles. The van der Waals surface area contributed by atoms with E-state index in [2.05, 4.69) is 4.72 Å². The Kier molecular flexibility index (Phi) is 6.30. The summed E-state index contributed by atoms with van der Waals surface area (Å²) in [4.78, 5) is 12.3. The van der Waals surface area contributed by atoms with Gasteiger partial charge in [-0.15, -0.1) is 11.3 Å². The predicted molar refractivity (Wildman–Crippen MR) is 109 cm³/mol. The number of carbonyl (C=O) groups is 1. The second-order valence-corrected chi connectivity index (χ2v) is 8.30. The summed E-state index contributed by atoms with van der Waals surface area (Å²) in [5.41, 5.74) is -0.0236. The molecule has 2 aromatic carbocycles. The number of rotatable bonds is 6. The number of methoxy groups -OCH3 is 1. The first-order chi connectivity index (χ1) is 13.7. The molecule has 10 heteroatoms. The van der Waals surface area contributed by atoms with Crippen LogP contribution in [0.4, 0.5) is 18.9 Å². The van der Waals surface area contributed by atoms with Crippen molar-refractivity contribution in [3.05, 3.63) is 64.0 Å². The summed E-state index contributed by atoms with van der Waals surface area (Å²) >= 11 is 8.16. The number of halogens is 4. The lowest BCUT2D eigenvalue weighted by atomic mass is 10.1. The number of ether oxygens (including phenoxy) is 1. The second kappa shape index (κ2) is 8.56. The van der Waals surface area contributed by atoms with E-state index < -0.39 is 17.7 Å². The Morgan fingerprint density at radius 3 is 2.52 bits per heavy atom. The maximum atomic E-state index is 13.2. The minimum atomic E-state index is -4.51. The van der Waals surface area contributed by atoms with Gasteiger partial charge < -0.3 is 14.6 Å². The molecule has 0 amide bonds. The Hall–Kier alpha value is -2.36. The van der Waals surface area contributed by atoms with E-state index >= 15 is 0 Å². The van der Waals surface area contributed by atoms with E-state index in [1.165, 1.54) is 42.7 Å². The number of thiophene rings is 1. The van der Waals surface area contributed by atoms with Crippen LogP contribution >= 0.6 is 34.9 Å². The third kappa shape index (κ3) is 4.98. The molecule has 3 rings (SSSR count). The fourth-order valence-electron chi connectivity index (χ4n) is 2.48. The minimum Gasteiger partial charge on any atom is -0.496 e. The first-order valence-corrected chi connectivity index (χ1v) is 10.0. The van der Waals surface area contributed by atoms with Crippen LogP contribution in [0.1, 0.15) is 15.9 Å². The molecule has 152 valence electrons. The van der Waals surface area contributed by atoms with Gasteiger partial charge in [-0.25, -0.2) is 4.79 Å². The normalized spacial score (nSPS) is 11.3. The highest BCUT2D eigenvalue weighted by molar-refractivity contribution is 8.00. The Bertz CT molecular complexity index is 1050. The number of anilines is 1. The lowest BCUT2D eigenvalue weighted by Crippen LogP contribution is -2.05. The number of carboxylic acid groups (broad SMARTS) is 1. The molecule has 0 spiro atoms. The molecule has 0 aliphatic heterocycles. The summed E-state index contributed by atoms with van der Waals surface area (Å²) in [6, 6.07) is 11.0. The standard InChI is InChI=1S/C19H13ClF3NO3S2/c1-27-14-5-2-10(18(25)26)8-16(14)29-24-13-9-11(19(21,22)23)3-4-12(13)15-6-7-17(20)28-15/h2-9,24H,1H3,(H,25,26). The summed E-state index contributed by atoms with van der Waals surface area (Å²) in [6.45, 7) is 0. The Labute approximate surface area is 177 Å². The summed E-state index contributed by atoms with van der Waals surface area (Å²) in [7, 11) is 1.42. The molecule has 4 nitrogen and oxygen atoms in total. The molecule has 0 radical (unpaired) electrons. The van der Waals surface area contributed by atoms with Gasteiger partial charge in [0.15, 0.2) is 0 Å². The van der Waals surface area contributed by atoms with Crippen LogP contribution in [-0.4, -0.2) is 18.2 Å². The number of hydrogen-bond acceptors (Lipinski definition) is 5. The fourth-order valence-corrected chi connectivity index (χ4v) is 4.39. The summed E-state index contributed by atoms with van der Waals surface area (Å²) in [6.07, 6.45) is -4.51. The van der Waals surface area contributed by atoms with Crippen molar-refractivity contribution in [3.63, 3.8) is 0 Å². The van der Waals surface area contributed by atoms with Crippen molar-refractivity contribution in [3.8, 4) is 16.2 Å². The van der Waals surface area contributed by atoms with Crippen LogP contribution in [0.2, 0.25) is 4.34 Å². The molecule has 0 bridgehead atoms. The lowest BCUT2D eigenvalue weighted by molar-refractivity contribution is -0.137. The van der Waals surface area contributed by atoms with E-state index in [0.717, 1.165) is 24.1 Å². The summed E-state index contributed by atoms with van der Waals surface area (Å²) in [5, 5.41) is 9.17. The molecule has 3 aromatic rings. The van der Waals surface area contributed by atoms with E-state index in [0.29, 0.717) is 25.4 Å². The average Bonchev–Trinajstić information content (AvgIpc) is 3.11. The SMILES string of the molecule is COc1ccc(C(=O)O)cc1SNc1cc(C(F)(F)F)ccc1-c1ccc(Cl)s1. The van der Waals surface area contributed by atoms with Gasteiger partial charge in [0, 0.05) is 10.4 Å². The van der Waals surface area contributed by atoms with Crippen molar-refractivity contribution in [2.24, 2.45) is 0 Å². The fraction of sp³-hybridized carbons (Fsp3) is 0.105. The van der Waals surface area contributed by atoms with Crippen LogP contribution in [0.15, 0.2) is 53.4 Å². The van der Waals surface area contributed by atoms with Crippen LogP contribution in [0.25, 0.3) is 10.4 Å². The van der Waals surface area contributed by atoms with E-state index in [1.54, 1.807) is 12.1 Å². The van der Waals surface area contributed by atoms with Gasteiger partial charge in [0.1, 0.15) is 5.75 Å². The predicted octanol–water partition coefficient (Wildman–Crippen LogP) is 6.91. The molecular formula is C19H13ClF3NO3S2. The van der Waals surface area contributed by atoms with Gasteiger partial charge in [-0.3, -0.25) is 0 Å². The number of carboxylic acids is 1. The molecule has 1 heterocycles. The third-order valence-electron chi connectivity index (χ3n) is 3.87. The van der Waals surface area contributed by atoms with E-state index in [4.69, 9.17) is 16.3 Å². The molecule has 0 atom stereocenters. The largest absolute Gasteiger partial charge is 0.496 e. The van der Waals surface area contributed by atoms with E-state index in [9.17, 15) is 23.1 Å². The van der Waals surface area contributed by atoms with Crippen molar-refractivity contribution in [2.75, 3.05) is 11.8 Å². The second-order valence-electron chi connectivity index (χ2n) is 5.74. The molecule has 0 aliphatic carbocycles. The molecular weight excluding hydrogens is 447 g/mol. The Balaban J connectivity index is 1.99. The van der Waals surface area contributed by atoms with Gasteiger partial charge >= 0.3 is 12.1 Å². The van der Waals surface area contributed by atoms with Crippen molar-refractivity contribution in [2.45, 2.75) is 11.1 Å². The maximum Gasteiger partial charge on any atom is 0.416 e. The zero-order valence-electron chi connectivity index (χ0n) is 14.7. The molecule has 29 heavy (non-hydrogen) atoms.